The maximum absolute atomic E-state index is 12.4. The van der Waals surface area contributed by atoms with E-state index >= 15 is 0 Å². The highest BCUT2D eigenvalue weighted by Crippen LogP contribution is 2.23. The molecule has 0 radical (unpaired) electrons. The molecule has 138 valence electrons. The lowest BCUT2D eigenvalue weighted by Gasteiger charge is -2.17. The molecule has 1 aliphatic carbocycles. The van der Waals surface area contributed by atoms with Crippen LogP contribution in [0.4, 0.5) is 0 Å². The van der Waals surface area contributed by atoms with Crippen molar-refractivity contribution in [2.24, 2.45) is 0 Å². The zero-order chi connectivity index (χ0) is 18.6. The van der Waals surface area contributed by atoms with Gasteiger partial charge in [0.25, 0.3) is 15.9 Å². The summed E-state index contributed by atoms with van der Waals surface area (Å²) in [6.45, 7) is 2.40. The fourth-order valence-corrected chi connectivity index (χ4v) is 3.88. The van der Waals surface area contributed by atoms with Crippen molar-refractivity contribution >= 4 is 15.9 Å². The molecular formula is C19H22N2O4S. The van der Waals surface area contributed by atoms with Crippen molar-refractivity contribution in [1.82, 2.24) is 10.3 Å². The van der Waals surface area contributed by atoms with Crippen molar-refractivity contribution in [3.63, 3.8) is 0 Å². The van der Waals surface area contributed by atoms with Crippen LogP contribution >= 0.6 is 0 Å². The molecule has 26 heavy (non-hydrogen) atoms. The average molecular weight is 374 g/mol. The predicted molar refractivity (Wildman–Crippen MR) is 98.5 cm³/mol. The van der Waals surface area contributed by atoms with Crippen LogP contribution in [-0.4, -0.2) is 20.9 Å². The van der Waals surface area contributed by atoms with Crippen molar-refractivity contribution < 1.29 is 17.9 Å². The van der Waals surface area contributed by atoms with Gasteiger partial charge in [-0.3, -0.25) is 10.2 Å². The first kappa shape index (κ1) is 18.4. The summed E-state index contributed by atoms with van der Waals surface area (Å²) < 4.78 is 30.2. The SMILES string of the molecule is CCOc1ccc(C(=O)NNS(=O)(=O)c2ccc3c(c2)CCCC3)cc1. The molecule has 3 rings (SSSR count). The molecule has 0 spiro atoms. The van der Waals surface area contributed by atoms with E-state index in [9.17, 15) is 13.2 Å². The molecule has 0 saturated heterocycles. The minimum atomic E-state index is -3.82. The first-order valence-corrected chi connectivity index (χ1v) is 10.1. The highest BCUT2D eigenvalue weighted by atomic mass is 32.2. The van der Waals surface area contributed by atoms with E-state index in [2.05, 4.69) is 10.3 Å². The minimum absolute atomic E-state index is 0.158. The van der Waals surface area contributed by atoms with E-state index in [4.69, 9.17) is 4.74 Å². The second-order valence-electron chi connectivity index (χ2n) is 6.15. The van der Waals surface area contributed by atoms with Gasteiger partial charge in [-0.2, -0.15) is 0 Å². The molecule has 0 heterocycles. The first-order chi connectivity index (χ1) is 12.5. The number of carbonyl (C=O) groups excluding carboxylic acids is 1. The number of ether oxygens (including phenoxy) is 1. The lowest BCUT2D eigenvalue weighted by Crippen LogP contribution is -2.41. The molecule has 0 fully saturated rings. The Labute approximate surface area is 153 Å². The van der Waals surface area contributed by atoms with Gasteiger partial charge in [0.15, 0.2) is 0 Å². The molecule has 0 bridgehead atoms. The molecule has 0 aliphatic heterocycles. The van der Waals surface area contributed by atoms with Crippen LogP contribution in [0.2, 0.25) is 0 Å². The van der Waals surface area contributed by atoms with Gasteiger partial charge in [0.1, 0.15) is 5.75 Å². The van der Waals surface area contributed by atoms with Gasteiger partial charge < -0.3 is 4.74 Å². The molecule has 0 aromatic heterocycles. The van der Waals surface area contributed by atoms with Gasteiger partial charge in [-0.05, 0) is 80.1 Å². The summed E-state index contributed by atoms with van der Waals surface area (Å²) in [6.07, 6.45) is 4.07. The monoisotopic (exact) mass is 374 g/mol. The van der Waals surface area contributed by atoms with Crippen molar-refractivity contribution in [3.8, 4) is 5.75 Å². The van der Waals surface area contributed by atoms with E-state index in [1.54, 1.807) is 36.4 Å². The molecule has 2 N–H and O–H groups in total. The Morgan fingerprint density at radius 2 is 1.73 bits per heavy atom. The van der Waals surface area contributed by atoms with Crippen LogP contribution in [-0.2, 0) is 22.9 Å². The number of nitrogens with one attached hydrogen (secondary N) is 2. The van der Waals surface area contributed by atoms with Gasteiger partial charge in [-0.1, -0.05) is 6.07 Å². The third-order valence-electron chi connectivity index (χ3n) is 4.36. The second kappa shape index (κ2) is 7.88. The number of rotatable bonds is 6. The standard InChI is InChI=1S/C19H22N2O4S/c1-2-25-17-10-7-15(8-11-17)19(22)20-21-26(23,24)18-12-9-14-5-3-4-6-16(14)13-18/h7-13,21H,2-6H2,1H3,(H,20,22). The molecule has 2 aromatic carbocycles. The van der Waals surface area contributed by atoms with E-state index in [1.165, 1.54) is 5.56 Å². The van der Waals surface area contributed by atoms with Crippen LogP contribution in [0.1, 0.15) is 41.3 Å². The number of aryl methyl sites for hydroxylation is 2. The van der Waals surface area contributed by atoms with Gasteiger partial charge >= 0.3 is 0 Å². The molecule has 0 atom stereocenters. The Balaban J connectivity index is 1.67. The summed E-state index contributed by atoms with van der Waals surface area (Å²) in [5.41, 5.74) is 4.86. The normalized spacial score (nSPS) is 13.7. The third-order valence-corrected chi connectivity index (χ3v) is 5.60. The first-order valence-electron chi connectivity index (χ1n) is 8.66. The summed E-state index contributed by atoms with van der Waals surface area (Å²) in [4.78, 5) is 14.5. The summed E-state index contributed by atoms with van der Waals surface area (Å²) in [6, 6.07) is 11.6. The van der Waals surface area contributed by atoms with Crippen LogP contribution in [0.5, 0.6) is 5.75 Å². The Morgan fingerprint density at radius 1 is 1.04 bits per heavy atom. The van der Waals surface area contributed by atoms with E-state index in [0.717, 1.165) is 31.2 Å². The average Bonchev–Trinajstić information content (AvgIpc) is 2.66. The van der Waals surface area contributed by atoms with Crippen molar-refractivity contribution in [1.29, 1.82) is 0 Å². The molecule has 0 unspecified atom stereocenters. The van der Waals surface area contributed by atoms with E-state index in [0.29, 0.717) is 17.9 Å². The number of sulfonamides is 1. The van der Waals surface area contributed by atoms with Crippen LogP contribution in [0.15, 0.2) is 47.4 Å². The van der Waals surface area contributed by atoms with Gasteiger partial charge in [0.05, 0.1) is 11.5 Å². The number of fused-ring (bicyclic) bond motifs is 1. The molecular weight excluding hydrogens is 352 g/mol. The summed E-state index contributed by atoms with van der Waals surface area (Å²) in [7, 11) is -3.82. The number of carbonyl (C=O) groups is 1. The Morgan fingerprint density at radius 3 is 2.42 bits per heavy atom. The fourth-order valence-electron chi connectivity index (χ4n) is 2.99. The van der Waals surface area contributed by atoms with Crippen molar-refractivity contribution in [2.75, 3.05) is 6.61 Å². The number of hydrogen-bond donors (Lipinski definition) is 2. The molecule has 0 saturated carbocycles. The Bertz CT molecular complexity index is 892. The summed E-state index contributed by atoms with van der Waals surface area (Å²) in [5.74, 6) is 0.119. The smallest absolute Gasteiger partial charge is 0.266 e. The van der Waals surface area contributed by atoms with E-state index in [-0.39, 0.29) is 4.90 Å². The predicted octanol–water partition coefficient (Wildman–Crippen LogP) is 2.59. The number of benzene rings is 2. The summed E-state index contributed by atoms with van der Waals surface area (Å²) >= 11 is 0. The third kappa shape index (κ3) is 4.23. The quantitative estimate of drug-likeness (QED) is 0.761. The van der Waals surface area contributed by atoms with Gasteiger partial charge in [0, 0.05) is 5.56 Å². The van der Waals surface area contributed by atoms with Gasteiger partial charge in [-0.15, -0.1) is 4.83 Å². The molecule has 7 heteroatoms. The van der Waals surface area contributed by atoms with E-state index in [1.807, 2.05) is 13.0 Å². The van der Waals surface area contributed by atoms with E-state index < -0.39 is 15.9 Å². The van der Waals surface area contributed by atoms with Crippen LogP contribution in [0.25, 0.3) is 0 Å². The number of hydrazine groups is 1. The largest absolute Gasteiger partial charge is 0.494 e. The number of hydrogen-bond acceptors (Lipinski definition) is 4. The lowest BCUT2D eigenvalue weighted by molar-refractivity contribution is 0.0945. The lowest BCUT2D eigenvalue weighted by atomic mass is 9.92. The molecule has 6 nitrogen and oxygen atoms in total. The maximum atomic E-state index is 12.4. The minimum Gasteiger partial charge on any atom is -0.494 e. The molecule has 2 aromatic rings. The van der Waals surface area contributed by atoms with Gasteiger partial charge in [0.2, 0.25) is 0 Å². The highest BCUT2D eigenvalue weighted by molar-refractivity contribution is 7.89. The van der Waals surface area contributed by atoms with Gasteiger partial charge in [-0.25, -0.2) is 8.42 Å². The zero-order valence-corrected chi connectivity index (χ0v) is 15.4. The van der Waals surface area contributed by atoms with Crippen molar-refractivity contribution in [3.05, 3.63) is 59.2 Å². The fraction of sp³-hybridized carbons (Fsp3) is 0.316. The van der Waals surface area contributed by atoms with Crippen LogP contribution < -0.4 is 15.0 Å². The molecule has 1 aliphatic rings. The Hall–Kier alpha value is -2.38. The molecule has 1 amide bonds. The summed E-state index contributed by atoms with van der Waals surface area (Å²) in [5, 5.41) is 0. The number of amides is 1. The Kier molecular flexibility index (Phi) is 5.58. The highest BCUT2D eigenvalue weighted by Gasteiger charge is 2.18. The topological polar surface area (TPSA) is 84.5 Å². The maximum Gasteiger partial charge on any atom is 0.266 e. The second-order valence-corrected chi connectivity index (χ2v) is 7.84. The van der Waals surface area contributed by atoms with Crippen LogP contribution in [0.3, 0.4) is 0 Å². The van der Waals surface area contributed by atoms with Crippen molar-refractivity contribution in [2.45, 2.75) is 37.5 Å². The zero-order valence-electron chi connectivity index (χ0n) is 14.6. The van der Waals surface area contributed by atoms with Crippen LogP contribution in [0, 0.1) is 0 Å².